The maximum atomic E-state index is 10.7. The quantitative estimate of drug-likeness (QED) is 0.579. The van der Waals surface area contributed by atoms with Crippen molar-refractivity contribution in [2.45, 2.75) is 13.5 Å². The van der Waals surface area contributed by atoms with Crippen molar-refractivity contribution in [2.24, 2.45) is 0 Å². The molecule has 21 heavy (non-hydrogen) atoms. The van der Waals surface area contributed by atoms with Gasteiger partial charge in [0, 0.05) is 12.3 Å². The molecule has 0 saturated carbocycles. The molecule has 0 bridgehead atoms. The van der Waals surface area contributed by atoms with Crippen LogP contribution in [-0.4, -0.2) is 19.9 Å². The summed E-state index contributed by atoms with van der Waals surface area (Å²) >= 11 is 0. The summed E-state index contributed by atoms with van der Waals surface area (Å²) in [7, 11) is 0. The number of nitro benzene ring substituents is 1. The number of oxazole rings is 1. The fraction of sp³-hybridized carbons (Fsp3) is 0.154. The summed E-state index contributed by atoms with van der Waals surface area (Å²) in [6.45, 7) is 2.26. The molecule has 0 aliphatic carbocycles. The Labute approximate surface area is 119 Å². The van der Waals surface area contributed by atoms with Crippen LogP contribution in [0.25, 0.3) is 11.1 Å². The van der Waals surface area contributed by atoms with E-state index in [1.54, 1.807) is 18.5 Å². The van der Waals surface area contributed by atoms with Crippen LogP contribution in [0.1, 0.15) is 11.4 Å². The highest BCUT2D eigenvalue weighted by Crippen LogP contribution is 2.23. The van der Waals surface area contributed by atoms with Crippen molar-refractivity contribution in [1.82, 2.24) is 15.0 Å². The van der Waals surface area contributed by atoms with Gasteiger partial charge in [-0.1, -0.05) is 0 Å². The van der Waals surface area contributed by atoms with Gasteiger partial charge >= 0.3 is 0 Å². The molecule has 0 saturated heterocycles. The van der Waals surface area contributed by atoms with Gasteiger partial charge in [-0.15, -0.1) is 0 Å². The molecule has 8 nitrogen and oxygen atoms in total. The molecule has 8 heteroatoms. The highest BCUT2D eigenvalue weighted by Gasteiger charge is 2.11. The third kappa shape index (κ3) is 2.78. The molecule has 1 N–H and O–H groups in total. The maximum absolute atomic E-state index is 10.7. The average Bonchev–Trinajstić information content (AvgIpc) is 2.88. The van der Waals surface area contributed by atoms with Gasteiger partial charge in [-0.3, -0.25) is 20.1 Å². The van der Waals surface area contributed by atoms with Gasteiger partial charge in [-0.05, 0) is 13.0 Å². The van der Waals surface area contributed by atoms with Gasteiger partial charge in [0.05, 0.1) is 35.1 Å². The van der Waals surface area contributed by atoms with E-state index in [0.29, 0.717) is 17.6 Å². The SMILES string of the molecule is Cc1cnc(CNc2nc3ccc([N+](=O)[O-])cc3o2)cn1. The summed E-state index contributed by atoms with van der Waals surface area (Å²) in [6.07, 6.45) is 3.34. The fourth-order valence-corrected chi connectivity index (χ4v) is 1.78. The smallest absolute Gasteiger partial charge is 0.296 e. The fourth-order valence-electron chi connectivity index (χ4n) is 1.78. The van der Waals surface area contributed by atoms with Gasteiger partial charge in [-0.25, -0.2) is 0 Å². The predicted molar refractivity (Wildman–Crippen MR) is 74.8 cm³/mol. The number of rotatable bonds is 4. The topological polar surface area (TPSA) is 107 Å². The molecule has 2 heterocycles. The molecule has 0 atom stereocenters. The molecule has 0 amide bonds. The third-order valence-corrected chi connectivity index (χ3v) is 2.84. The number of aromatic nitrogens is 3. The summed E-state index contributed by atoms with van der Waals surface area (Å²) < 4.78 is 5.43. The van der Waals surface area contributed by atoms with Gasteiger partial charge in [0.1, 0.15) is 5.52 Å². The van der Waals surface area contributed by atoms with Crippen LogP contribution >= 0.6 is 0 Å². The largest absolute Gasteiger partial charge is 0.423 e. The van der Waals surface area contributed by atoms with E-state index in [1.165, 1.54) is 12.1 Å². The summed E-state index contributed by atoms with van der Waals surface area (Å²) in [4.78, 5) is 22.8. The molecule has 1 aromatic carbocycles. The van der Waals surface area contributed by atoms with Crippen molar-refractivity contribution in [1.29, 1.82) is 0 Å². The monoisotopic (exact) mass is 285 g/mol. The van der Waals surface area contributed by atoms with E-state index >= 15 is 0 Å². The van der Waals surface area contributed by atoms with E-state index in [-0.39, 0.29) is 11.7 Å². The van der Waals surface area contributed by atoms with Crippen LogP contribution in [-0.2, 0) is 6.54 Å². The van der Waals surface area contributed by atoms with Crippen LogP contribution in [0.15, 0.2) is 35.0 Å². The van der Waals surface area contributed by atoms with E-state index in [0.717, 1.165) is 11.4 Å². The minimum atomic E-state index is -0.475. The first-order valence-corrected chi connectivity index (χ1v) is 6.18. The van der Waals surface area contributed by atoms with Gasteiger partial charge in [-0.2, -0.15) is 4.98 Å². The summed E-state index contributed by atoms with van der Waals surface area (Å²) in [5, 5.41) is 13.7. The molecule has 0 unspecified atom stereocenters. The second-order valence-corrected chi connectivity index (χ2v) is 4.43. The second-order valence-electron chi connectivity index (χ2n) is 4.43. The van der Waals surface area contributed by atoms with E-state index in [2.05, 4.69) is 20.3 Å². The molecule has 3 rings (SSSR count). The Morgan fingerprint density at radius 1 is 1.33 bits per heavy atom. The van der Waals surface area contributed by atoms with Gasteiger partial charge in [0.25, 0.3) is 11.7 Å². The highest BCUT2D eigenvalue weighted by molar-refractivity contribution is 5.77. The summed E-state index contributed by atoms with van der Waals surface area (Å²) in [6, 6.07) is 4.57. The molecule has 0 aliphatic rings. The predicted octanol–water partition coefficient (Wildman–Crippen LogP) is 2.45. The van der Waals surface area contributed by atoms with Gasteiger partial charge in [0.2, 0.25) is 0 Å². The van der Waals surface area contributed by atoms with Gasteiger partial charge in [0.15, 0.2) is 5.58 Å². The Hall–Kier alpha value is -3.03. The lowest BCUT2D eigenvalue weighted by atomic mass is 10.3. The molecule has 106 valence electrons. The Balaban J connectivity index is 1.78. The summed E-state index contributed by atoms with van der Waals surface area (Å²) in [5.41, 5.74) is 2.47. The van der Waals surface area contributed by atoms with Crippen LogP contribution < -0.4 is 5.32 Å². The number of nitrogens with one attached hydrogen (secondary N) is 1. The van der Waals surface area contributed by atoms with E-state index in [9.17, 15) is 10.1 Å². The molecule has 0 spiro atoms. The number of hydrogen-bond donors (Lipinski definition) is 1. The van der Waals surface area contributed by atoms with Crippen LogP contribution in [0.5, 0.6) is 0 Å². The van der Waals surface area contributed by atoms with Crippen molar-refractivity contribution in [2.75, 3.05) is 5.32 Å². The number of nitro groups is 1. The normalized spacial score (nSPS) is 10.7. The molecule has 2 aromatic heterocycles. The van der Waals surface area contributed by atoms with Crippen molar-refractivity contribution < 1.29 is 9.34 Å². The van der Waals surface area contributed by atoms with Crippen molar-refractivity contribution >= 4 is 22.8 Å². The lowest BCUT2D eigenvalue weighted by Crippen LogP contribution is -2.02. The van der Waals surface area contributed by atoms with Crippen LogP contribution in [0.3, 0.4) is 0 Å². The zero-order valence-electron chi connectivity index (χ0n) is 11.1. The van der Waals surface area contributed by atoms with E-state index in [4.69, 9.17) is 4.42 Å². The number of non-ortho nitro benzene ring substituents is 1. The second kappa shape index (κ2) is 5.16. The third-order valence-electron chi connectivity index (χ3n) is 2.84. The van der Waals surface area contributed by atoms with Crippen molar-refractivity contribution in [3.63, 3.8) is 0 Å². The molecular weight excluding hydrogens is 274 g/mol. The Kier molecular flexibility index (Phi) is 3.19. The molecule has 0 aliphatic heterocycles. The van der Waals surface area contributed by atoms with Crippen LogP contribution in [0.4, 0.5) is 11.7 Å². The first-order chi connectivity index (χ1) is 10.1. The average molecular weight is 285 g/mol. The van der Waals surface area contributed by atoms with Crippen molar-refractivity contribution in [3.05, 3.63) is 52.1 Å². The van der Waals surface area contributed by atoms with Crippen LogP contribution in [0.2, 0.25) is 0 Å². The molecular formula is C13H11N5O3. The maximum Gasteiger partial charge on any atom is 0.296 e. The minimum Gasteiger partial charge on any atom is -0.423 e. The zero-order chi connectivity index (χ0) is 14.8. The highest BCUT2D eigenvalue weighted by atomic mass is 16.6. The summed E-state index contributed by atoms with van der Waals surface area (Å²) in [5.74, 6) is 0. The zero-order valence-corrected chi connectivity index (χ0v) is 11.1. The van der Waals surface area contributed by atoms with Crippen molar-refractivity contribution in [3.8, 4) is 0 Å². The number of nitrogens with zero attached hydrogens (tertiary/aromatic N) is 4. The Bertz CT molecular complexity index is 797. The first kappa shape index (κ1) is 13.0. The number of anilines is 1. The number of aryl methyl sites for hydroxylation is 1. The first-order valence-electron chi connectivity index (χ1n) is 6.18. The number of hydrogen-bond acceptors (Lipinski definition) is 7. The van der Waals surface area contributed by atoms with Crippen LogP contribution in [0, 0.1) is 17.0 Å². The molecule has 0 fully saturated rings. The lowest BCUT2D eigenvalue weighted by molar-refractivity contribution is -0.384. The number of benzene rings is 1. The Morgan fingerprint density at radius 2 is 2.19 bits per heavy atom. The molecule has 3 aromatic rings. The molecule has 0 radical (unpaired) electrons. The van der Waals surface area contributed by atoms with Gasteiger partial charge < -0.3 is 9.73 Å². The van der Waals surface area contributed by atoms with E-state index in [1.807, 2.05) is 6.92 Å². The minimum absolute atomic E-state index is 0.0328. The standard InChI is InChI=1S/C13H11N5O3/c1-8-5-15-9(6-14-8)7-16-13-17-11-3-2-10(18(19)20)4-12(11)21-13/h2-6H,7H2,1H3,(H,16,17). The Morgan fingerprint density at radius 3 is 2.90 bits per heavy atom. The van der Waals surface area contributed by atoms with E-state index < -0.39 is 4.92 Å². The number of fused-ring (bicyclic) bond motifs is 1. The lowest BCUT2D eigenvalue weighted by Gasteiger charge is -2.00.